The molecule has 18 heteroatoms. The van der Waals surface area contributed by atoms with E-state index in [1.165, 1.54) is 5.57 Å². The lowest BCUT2D eigenvalue weighted by Gasteiger charge is -2.30. The molecule has 2 atom stereocenters. The molecule has 0 unspecified atom stereocenters. The lowest BCUT2D eigenvalue weighted by molar-refractivity contribution is -0.125. The van der Waals surface area contributed by atoms with Gasteiger partial charge in [-0.25, -0.2) is 9.97 Å². The number of likely N-dealkylation sites (N-methyl/N-ethyl adjacent to an activating group) is 4. The Hall–Kier alpha value is -3.84. The third kappa shape index (κ3) is 11.7. The van der Waals surface area contributed by atoms with Crippen molar-refractivity contribution in [2.45, 2.75) is 118 Å². The lowest BCUT2D eigenvalue weighted by atomic mass is 9.79. The van der Waals surface area contributed by atoms with E-state index in [-0.39, 0.29) is 23.6 Å². The van der Waals surface area contributed by atoms with Crippen molar-refractivity contribution in [1.82, 2.24) is 50.2 Å². The summed E-state index contributed by atoms with van der Waals surface area (Å²) < 4.78 is 4.84. The molecule has 2 aliphatic heterocycles. The molecule has 6 rings (SSSR count). The van der Waals surface area contributed by atoms with Crippen LogP contribution in [0.4, 0.5) is 0 Å². The minimum Gasteiger partial charge on any atom is -0.423 e. The highest BCUT2D eigenvalue weighted by Crippen LogP contribution is 2.31. The van der Waals surface area contributed by atoms with E-state index in [1.807, 2.05) is 59.2 Å². The summed E-state index contributed by atoms with van der Waals surface area (Å²) in [7, 11) is 6.02. The third-order valence-corrected chi connectivity index (χ3v) is 11.4. The molecule has 58 heavy (non-hydrogen) atoms. The van der Waals surface area contributed by atoms with Crippen LogP contribution in [0.1, 0.15) is 118 Å². The van der Waals surface area contributed by atoms with Gasteiger partial charge >= 0.3 is 7.12 Å². The van der Waals surface area contributed by atoms with Crippen molar-refractivity contribution in [3.05, 3.63) is 51.0 Å². The topological polar surface area (TPSA) is 199 Å². The molecule has 2 aromatic heterocycles. The van der Waals surface area contributed by atoms with E-state index in [0.717, 1.165) is 87.4 Å². The molecule has 2 aromatic rings. The molecule has 4 heterocycles. The molecule has 0 spiro atoms. The fourth-order valence-electron chi connectivity index (χ4n) is 7.39. The van der Waals surface area contributed by atoms with Gasteiger partial charge in [0.15, 0.2) is 16.1 Å². The van der Waals surface area contributed by atoms with Crippen molar-refractivity contribution in [3.8, 4) is 0 Å². The van der Waals surface area contributed by atoms with Gasteiger partial charge in [-0.2, -0.15) is 0 Å². The number of allylic oxidation sites excluding steroid dienone is 4. The van der Waals surface area contributed by atoms with Crippen LogP contribution in [-0.2, 0) is 35.8 Å². The van der Waals surface area contributed by atoms with Crippen LogP contribution in [0.2, 0.25) is 0 Å². The zero-order chi connectivity index (χ0) is 43.1. The van der Waals surface area contributed by atoms with Gasteiger partial charge in [-0.15, -0.1) is 0 Å². The van der Waals surface area contributed by atoms with Crippen LogP contribution in [0.5, 0.6) is 0 Å². The predicted molar refractivity (Wildman–Crippen MR) is 228 cm³/mol. The minimum atomic E-state index is -1.20. The highest BCUT2D eigenvalue weighted by atomic mass is 79.9. The summed E-state index contributed by atoms with van der Waals surface area (Å²) in [5.74, 6) is -0.0800. The zero-order valence-electron chi connectivity index (χ0n) is 36.0. The maximum atomic E-state index is 13.1. The number of rotatable bonds is 8. The van der Waals surface area contributed by atoms with Gasteiger partial charge in [-0.05, 0) is 90.4 Å². The van der Waals surface area contributed by atoms with Crippen molar-refractivity contribution in [1.29, 1.82) is 0 Å². The van der Waals surface area contributed by atoms with E-state index in [0.29, 0.717) is 29.2 Å². The summed E-state index contributed by atoms with van der Waals surface area (Å²) in [6.45, 7) is 16.4. The van der Waals surface area contributed by atoms with Gasteiger partial charge in [0.1, 0.15) is 17.9 Å². The zero-order valence-corrected chi connectivity index (χ0v) is 37.5. The Morgan fingerprint density at radius 2 is 1.19 bits per heavy atom. The van der Waals surface area contributed by atoms with Crippen molar-refractivity contribution in [2.75, 3.05) is 41.3 Å². The predicted octanol–water partition coefficient (Wildman–Crippen LogP) is 2.88. The van der Waals surface area contributed by atoms with E-state index in [9.17, 15) is 19.2 Å². The Morgan fingerprint density at radius 1 is 0.724 bits per heavy atom. The van der Waals surface area contributed by atoms with Crippen LogP contribution in [0.3, 0.4) is 0 Å². The summed E-state index contributed by atoms with van der Waals surface area (Å²) in [6, 6.07) is -1.25. The second-order valence-corrected chi connectivity index (χ2v) is 18.3. The summed E-state index contributed by atoms with van der Waals surface area (Å²) in [5, 5.41) is 28.1. The smallest absolute Gasteiger partial charge is 0.423 e. The molecule has 4 amide bonds. The van der Waals surface area contributed by atoms with E-state index < -0.39 is 30.0 Å². The third-order valence-electron chi connectivity index (χ3n) is 10.8. The second-order valence-electron chi connectivity index (χ2n) is 17.6. The fourth-order valence-corrected chi connectivity index (χ4v) is 7.96. The maximum Gasteiger partial charge on any atom is 0.483 e. The maximum absolute atomic E-state index is 13.1. The molecule has 16 nitrogen and oxygen atoms in total. The molecule has 320 valence electrons. The monoisotopic (exact) mass is 870 g/mol. The van der Waals surface area contributed by atoms with E-state index in [2.05, 4.69) is 69.7 Å². The van der Waals surface area contributed by atoms with Crippen molar-refractivity contribution in [2.24, 2.45) is 10.8 Å². The molecule has 6 N–H and O–H groups in total. The largest absolute Gasteiger partial charge is 0.483 e. The van der Waals surface area contributed by atoms with Crippen molar-refractivity contribution in [3.63, 3.8) is 0 Å². The normalized spacial score (nSPS) is 17.8. The summed E-state index contributed by atoms with van der Waals surface area (Å²) in [5.41, 5.74) is 3.85. The first-order chi connectivity index (χ1) is 27.2. The quantitative estimate of drug-likeness (QED) is 0.215. The van der Waals surface area contributed by atoms with Gasteiger partial charge in [0.05, 0.1) is 11.4 Å². The van der Waals surface area contributed by atoms with Crippen LogP contribution in [0, 0.1) is 10.8 Å². The van der Waals surface area contributed by atoms with Crippen LogP contribution in [0.25, 0.3) is 5.57 Å². The Bertz CT molecular complexity index is 1880. The molecule has 2 aliphatic carbocycles. The lowest BCUT2D eigenvalue weighted by Crippen LogP contribution is -2.53. The SMILES string of the molecule is CNC(=O)[C@@H](NC(=O)c1nc(Br)n2c1CN(C)CC2)C(C)(C)C.CNC(=O)[C@@H](NC(=O)c1nc(C2=CCCC2)n2c1CN(C)CC2)C(C)(C)C.OB(O)C1=CCCC1. The molecule has 0 saturated carbocycles. The Labute approximate surface area is 351 Å². The number of carbonyl (C=O) groups excluding carboxylic acids is 4. The number of aromatic nitrogens is 4. The number of amides is 4. The van der Waals surface area contributed by atoms with Crippen LogP contribution in [-0.4, -0.2) is 123 Å². The Morgan fingerprint density at radius 3 is 1.60 bits per heavy atom. The molecule has 0 radical (unpaired) electrons. The van der Waals surface area contributed by atoms with Gasteiger partial charge in [-0.3, -0.25) is 29.0 Å². The molecular weight excluding hydrogens is 807 g/mol. The molecular formula is C40H64BBrN10O6. The molecule has 0 saturated heterocycles. The Balaban J connectivity index is 0.000000217. The number of halogens is 1. The standard InChI is InChI=1S/C20H31N5O2.C15H24BrN5O2.C5H9BO2/c1-20(2,3)16(19(27)21-4)23-18(26)15-14-12-24(5)10-11-25(14)17(22-15)13-8-6-7-9-13;1-15(2,3)11(13(23)17-4)19-12(22)10-9-8-20(5)6-7-21(9)14(16)18-10;7-6(8)5-3-1-2-4-5/h8,16H,6-7,9-12H2,1-5H3,(H,21,27)(H,23,26);11H,6-8H2,1-5H3,(H,17,23)(H,19,22);3,7-8H,1-2,4H2/t16-;11-;/m11./s1. The molecule has 0 fully saturated rings. The average molecular weight is 872 g/mol. The fraction of sp³-hybridized carbons (Fsp3) is 0.650. The number of nitrogens with one attached hydrogen (secondary N) is 4. The van der Waals surface area contributed by atoms with Crippen LogP contribution < -0.4 is 21.3 Å². The van der Waals surface area contributed by atoms with Crippen molar-refractivity contribution < 1.29 is 29.2 Å². The second kappa shape index (κ2) is 19.9. The number of carbonyl (C=O) groups is 4. The number of fused-ring (bicyclic) bond motifs is 2. The highest BCUT2D eigenvalue weighted by Gasteiger charge is 2.36. The number of imidazole rings is 2. The number of hydrogen-bond acceptors (Lipinski definition) is 10. The summed E-state index contributed by atoms with van der Waals surface area (Å²) in [6.07, 6.45) is 10.3. The molecule has 4 aliphatic rings. The van der Waals surface area contributed by atoms with Gasteiger partial charge in [0.25, 0.3) is 11.8 Å². The van der Waals surface area contributed by atoms with E-state index in [4.69, 9.17) is 15.0 Å². The van der Waals surface area contributed by atoms with Gasteiger partial charge in [-0.1, -0.05) is 53.7 Å². The first-order valence-corrected chi connectivity index (χ1v) is 21.0. The highest BCUT2D eigenvalue weighted by molar-refractivity contribution is 9.10. The summed E-state index contributed by atoms with van der Waals surface area (Å²) >= 11 is 3.41. The summed E-state index contributed by atoms with van der Waals surface area (Å²) in [4.78, 5) is 63.7. The van der Waals surface area contributed by atoms with Crippen LogP contribution in [0.15, 0.2) is 22.4 Å². The van der Waals surface area contributed by atoms with E-state index in [1.54, 1.807) is 14.1 Å². The van der Waals surface area contributed by atoms with E-state index >= 15 is 0 Å². The van der Waals surface area contributed by atoms with Crippen LogP contribution >= 0.6 is 15.9 Å². The average Bonchev–Trinajstić information content (AvgIpc) is 3.99. The van der Waals surface area contributed by atoms with Gasteiger partial charge in [0, 0.05) is 53.4 Å². The molecule has 0 bridgehead atoms. The minimum absolute atomic E-state index is 0.195. The first-order valence-electron chi connectivity index (χ1n) is 20.2. The van der Waals surface area contributed by atoms with Gasteiger partial charge in [0.2, 0.25) is 11.8 Å². The molecule has 0 aromatic carbocycles. The Kier molecular flexibility index (Phi) is 16.1. The van der Waals surface area contributed by atoms with Gasteiger partial charge < -0.3 is 40.4 Å². The van der Waals surface area contributed by atoms with Crippen molar-refractivity contribution >= 4 is 52.3 Å². The number of hydrogen-bond donors (Lipinski definition) is 6. The first kappa shape index (κ1) is 46.8. The number of nitrogens with zero attached hydrogens (tertiary/aromatic N) is 6.